The number of carbonyl (C=O) groups is 1. The van der Waals surface area contributed by atoms with E-state index in [0.717, 1.165) is 30.9 Å². The highest BCUT2D eigenvalue weighted by atomic mass is 35.5. The van der Waals surface area contributed by atoms with Crippen molar-refractivity contribution in [3.63, 3.8) is 0 Å². The third kappa shape index (κ3) is 5.61. The molecule has 1 aliphatic heterocycles. The van der Waals surface area contributed by atoms with Crippen molar-refractivity contribution in [1.29, 1.82) is 0 Å². The highest BCUT2D eigenvalue weighted by Crippen LogP contribution is 2.14. The number of nitrogens with one attached hydrogen (secondary N) is 3. The van der Waals surface area contributed by atoms with Crippen LogP contribution in [0.2, 0.25) is 0 Å². The Morgan fingerprint density at radius 3 is 2.96 bits per heavy atom. The molecule has 1 aromatic carbocycles. The van der Waals surface area contributed by atoms with Gasteiger partial charge in [-0.3, -0.25) is 4.79 Å². The molecule has 3 rings (SSSR count). The first-order valence-electron chi connectivity index (χ1n) is 7.82. The van der Waals surface area contributed by atoms with E-state index in [1.807, 2.05) is 0 Å². The van der Waals surface area contributed by atoms with E-state index in [2.05, 4.69) is 20.6 Å². The van der Waals surface area contributed by atoms with Gasteiger partial charge in [0.15, 0.2) is 0 Å². The lowest BCUT2D eigenvalue weighted by Crippen LogP contribution is -2.26. The summed E-state index contributed by atoms with van der Waals surface area (Å²) in [7, 11) is 0. The van der Waals surface area contributed by atoms with E-state index in [1.165, 1.54) is 18.6 Å². The number of benzene rings is 1. The average Bonchev–Trinajstić information content (AvgIpc) is 3.13. The fourth-order valence-corrected chi connectivity index (χ4v) is 2.86. The number of amides is 1. The first kappa shape index (κ1) is 20.7. The van der Waals surface area contributed by atoms with Crippen LogP contribution in [0.3, 0.4) is 0 Å². The molecule has 24 heavy (non-hydrogen) atoms. The van der Waals surface area contributed by atoms with Crippen LogP contribution in [-0.2, 0) is 11.2 Å². The van der Waals surface area contributed by atoms with Gasteiger partial charge in [0, 0.05) is 19.4 Å². The number of fused-ring (bicyclic) bond motifs is 1. The van der Waals surface area contributed by atoms with Gasteiger partial charge in [-0.25, -0.2) is 9.37 Å². The highest BCUT2D eigenvalue weighted by molar-refractivity contribution is 5.85. The van der Waals surface area contributed by atoms with E-state index < -0.39 is 0 Å². The van der Waals surface area contributed by atoms with Crippen molar-refractivity contribution in [2.75, 3.05) is 19.6 Å². The summed E-state index contributed by atoms with van der Waals surface area (Å²) in [5, 5.41) is 6.22. The van der Waals surface area contributed by atoms with Gasteiger partial charge in [0.1, 0.15) is 11.6 Å². The lowest BCUT2D eigenvalue weighted by molar-refractivity contribution is -0.121. The largest absolute Gasteiger partial charge is 0.356 e. The zero-order chi connectivity index (χ0) is 15.4. The Morgan fingerprint density at radius 1 is 1.38 bits per heavy atom. The molecular formula is C16H23Cl2FN4O. The minimum atomic E-state index is -0.280. The number of aromatic nitrogens is 2. The topological polar surface area (TPSA) is 69.8 Å². The van der Waals surface area contributed by atoms with Crippen LogP contribution >= 0.6 is 24.8 Å². The summed E-state index contributed by atoms with van der Waals surface area (Å²) < 4.78 is 13.1. The molecule has 0 spiro atoms. The standard InChI is InChI=1S/C16H21FN4O.2ClH/c17-12-2-3-13-14(9-12)21-15(20-13)6-8-19-16(22)4-1-11-5-7-18-10-11;;/h2-3,9,11,18H,1,4-8,10H2,(H,19,22)(H,20,21);2*1H. The zero-order valence-electron chi connectivity index (χ0n) is 13.3. The summed E-state index contributed by atoms with van der Waals surface area (Å²) in [6.45, 7) is 2.64. The van der Waals surface area contributed by atoms with Crippen LogP contribution in [0.15, 0.2) is 18.2 Å². The molecule has 1 aliphatic rings. The van der Waals surface area contributed by atoms with Gasteiger partial charge in [-0.15, -0.1) is 24.8 Å². The lowest BCUT2D eigenvalue weighted by atomic mass is 10.0. The molecule has 1 amide bonds. The summed E-state index contributed by atoms with van der Waals surface area (Å²) in [4.78, 5) is 19.2. The number of nitrogens with zero attached hydrogens (tertiary/aromatic N) is 1. The molecule has 0 aliphatic carbocycles. The fraction of sp³-hybridized carbons (Fsp3) is 0.500. The summed E-state index contributed by atoms with van der Waals surface area (Å²) in [5.41, 5.74) is 1.44. The summed E-state index contributed by atoms with van der Waals surface area (Å²) in [5.74, 6) is 1.21. The molecule has 5 nitrogen and oxygen atoms in total. The maximum atomic E-state index is 13.1. The third-order valence-corrected chi connectivity index (χ3v) is 4.12. The number of halogens is 3. The van der Waals surface area contributed by atoms with Crippen molar-refractivity contribution in [3.05, 3.63) is 29.8 Å². The van der Waals surface area contributed by atoms with Crippen molar-refractivity contribution >= 4 is 41.8 Å². The molecule has 1 aromatic heterocycles. The van der Waals surface area contributed by atoms with E-state index in [0.29, 0.717) is 30.8 Å². The van der Waals surface area contributed by atoms with Gasteiger partial charge >= 0.3 is 0 Å². The molecule has 0 saturated carbocycles. The van der Waals surface area contributed by atoms with Crippen molar-refractivity contribution in [1.82, 2.24) is 20.6 Å². The van der Waals surface area contributed by atoms with Crippen molar-refractivity contribution in [2.45, 2.75) is 25.7 Å². The summed E-state index contributed by atoms with van der Waals surface area (Å²) in [6.07, 6.45) is 3.32. The van der Waals surface area contributed by atoms with Gasteiger partial charge in [-0.05, 0) is 50.0 Å². The summed E-state index contributed by atoms with van der Waals surface area (Å²) in [6, 6.07) is 4.48. The first-order chi connectivity index (χ1) is 10.7. The van der Waals surface area contributed by atoms with Crippen LogP contribution in [0.1, 0.15) is 25.1 Å². The predicted molar refractivity (Wildman–Crippen MR) is 97.5 cm³/mol. The molecule has 1 saturated heterocycles. The molecule has 0 radical (unpaired) electrons. The number of rotatable bonds is 6. The smallest absolute Gasteiger partial charge is 0.220 e. The Bertz CT molecular complexity index is 659. The van der Waals surface area contributed by atoms with Crippen LogP contribution in [0, 0.1) is 11.7 Å². The maximum absolute atomic E-state index is 13.1. The Labute approximate surface area is 153 Å². The van der Waals surface area contributed by atoms with E-state index in [1.54, 1.807) is 6.07 Å². The second-order valence-corrected chi connectivity index (χ2v) is 5.84. The van der Waals surface area contributed by atoms with E-state index in [4.69, 9.17) is 0 Å². The number of imidazole rings is 1. The molecule has 3 N–H and O–H groups in total. The average molecular weight is 377 g/mol. The second-order valence-electron chi connectivity index (χ2n) is 5.84. The third-order valence-electron chi connectivity index (χ3n) is 4.12. The van der Waals surface area contributed by atoms with Crippen molar-refractivity contribution in [3.8, 4) is 0 Å². The normalized spacial score (nSPS) is 16.5. The molecule has 2 heterocycles. The number of H-pyrrole nitrogens is 1. The van der Waals surface area contributed by atoms with Crippen molar-refractivity contribution < 1.29 is 9.18 Å². The minimum Gasteiger partial charge on any atom is -0.356 e. The van der Waals surface area contributed by atoms with Gasteiger partial charge in [-0.2, -0.15) is 0 Å². The molecule has 1 atom stereocenters. The van der Waals surface area contributed by atoms with Crippen LogP contribution in [0.4, 0.5) is 4.39 Å². The molecule has 1 fully saturated rings. The van der Waals surface area contributed by atoms with Crippen LogP contribution < -0.4 is 10.6 Å². The van der Waals surface area contributed by atoms with Crippen molar-refractivity contribution in [2.24, 2.45) is 5.92 Å². The number of hydrogen-bond donors (Lipinski definition) is 3. The number of carbonyl (C=O) groups excluding carboxylic acids is 1. The van der Waals surface area contributed by atoms with Gasteiger partial charge in [-0.1, -0.05) is 0 Å². The zero-order valence-corrected chi connectivity index (χ0v) is 14.9. The molecule has 134 valence electrons. The second kappa shape index (κ2) is 9.81. The Hall–Kier alpha value is -1.37. The number of aromatic amines is 1. The van der Waals surface area contributed by atoms with E-state index in [-0.39, 0.29) is 36.5 Å². The van der Waals surface area contributed by atoms with Crippen LogP contribution in [0.5, 0.6) is 0 Å². The van der Waals surface area contributed by atoms with Gasteiger partial charge < -0.3 is 15.6 Å². The Balaban J connectivity index is 0.00000144. The van der Waals surface area contributed by atoms with Crippen LogP contribution in [0.25, 0.3) is 11.0 Å². The van der Waals surface area contributed by atoms with E-state index >= 15 is 0 Å². The van der Waals surface area contributed by atoms with Gasteiger partial charge in [0.2, 0.25) is 5.91 Å². The monoisotopic (exact) mass is 376 g/mol. The lowest BCUT2D eigenvalue weighted by Gasteiger charge is -2.08. The summed E-state index contributed by atoms with van der Waals surface area (Å²) >= 11 is 0. The van der Waals surface area contributed by atoms with E-state index in [9.17, 15) is 9.18 Å². The minimum absolute atomic E-state index is 0. The number of hydrogen-bond acceptors (Lipinski definition) is 3. The molecule has 0 bridgehead atoms. The molecule has 2 aromatic rings. The van der Waals surface area contributed by atoms with Gasteiger partial charge in [0.25, 0.3) is 0 Å². The van der Waals surface area contributed by atoms with Gasteiger partial charge in [0.05, 0.1) is 11.0 Å². The quantitative estimate of drug-likeness (QED) is 0.725. The molecular weight excluding hydrogens is 354 g/mol. The fourth-order valence-electron chi connectivity index (χ4n) is 2.86. The molecule has 1 unspecified atom stereocenters. The Kier molecular flexibility index (Phi) is 8.45. The maximum Gasteiger partial charge on any atom is 0.220 e. The first-order valence-corrected chi connectivity index (χ1v) is 7.82. The predicted octanol–water partition coefficient (Wildman–Crippen LogP) is 2.59. The molecule has 8 heteroatoms. The SMILES string of the molecule is Cl.Cl.O=C(CCC1CCNC1)NCCc1nc2ccc(F)cc2[nH]1. The van der Waals surface area contributed by atoms with Crippen LogP contribution in [-0.4, -0.2) is 35.5 Å². The Morgan fingerprint density at radius 2 is 2.21 bits per heavy atom. The highest BCUT2D eigenvalue weighted by Gasteiger charge is 2.15.